The number of imide groups is 1. The molecule has 4 amide bonds. The highest BCUT2D eigenvalue weighted by Crippen LogP contribution is 2.13. The first-order valence-corrected chi connectivity index (χ1v) is 9.65. The Kier molecular flexibility index (Phi) is 6.24. The number of hydrogen-bond donors (Lipinski definition) is 0. The second-order valence-electron chi connectivity index (χ2n) is 7.29. The van der Waals surface area contributed by atoms with Crippen molar-refractivity contribution in [2.45, 2.75) is 38.5 Å². The van der Waals surface area contributed by atoms with Gasteiger partial charge in [-0.1, -0.05) is 0 Å². The van der Waals surface area contributed by atoms with Crippen LogP contribution in [0.25, 0.3) is 0 Å². The molecule has 0 aliphatic carbocycles. The molecule has 26 heavy (non-hydrogen) atoms. The summed E-state index contributed by atoms with van der Waals surface area (Å²) in [5, 5.41) is 0. The van der Waals surface area contributed by atoms with Crippen LogP contribution < -0.4 is 0 Å². The Morgan fingerprint density at radius 2 is 1.31 bits per heavy atom. The van der Waals surface area contributed by atoms with Crippen LogP contribution in [-0.2, 0) is 19.2 Å². The highest BCUT2D eigenvalue weighted by molar-refractivity contribution is 6.02. The van der Waals surface area contributed by atoms with E-state index in [9.17, 15) is 19.2 Å². The molecule has 3 aliphatic rings. The topological polar surface area (TPSA) is 81.2 Å². The number of carbonyl (C=O) groups excluding carboxylic acids is 4. The molecule has 8 heteroatoms. The lowest BCUT2D eigenvalue weighted by Crippen LogP contribution is -2.52. The zero-order valence-corrected chi connectivity index (χ0v) is 15.3. The third kappa shape index (κ3) is 4.60. The van der Waals surface area contributed by atoms with Crippen LogP contribution in [-0.4, -0.2) is 95.6 Å². The Balaban J connectivity index is 1.37. The van der Waals surface area contributed by atoms with Crippen molar-refractivity contribution in [2.24, 2.45) is 0 Å². The molecule has 3 saturated heterocycles. The summed E-state index contributed by atoms with van der Waals surface area (Å²) in [5.74, 6) is -0.192. The fourth-order valence-electron chi connectivity index (χ4n) is 3.83. The number of piperidine rings is 1. The average molecular weight is 364 g/mol. The van der Waals surface area contributed by atoms with Crippen LogP contribution in [0.2, 0.25) is 0 Å². The summed E-state index contributed by atoms with van der Waals surface area (Å²) in [7, 11) is 0. The first-order chi connectivity index (χ1) is 12.5. The minimum absolute atomic E-state index is 0.0282. The van der Waals surface area contributed by atoms with E-state index in [4.69, 9.17) is 0 Å². The van der Waals surface area contributed by atoms with Crippen molar-refractivity contribution in [1.29, 1.82) is 0 Å². The molecule has 0 aromatic rings. The molecule has 0 radical (unpaired) electrons. The number of nitrogens with zero attached hydrogens (tertiary/aromatic N) is 4. The highest BCUT2D eigenvalue weighted by atomic mass is 16.2. The third-order valence-electron chi connectivity index (χ3n) is 5.50. The zero-order chi connectivity index (χ0) is 18.5. The molecule has 0 aromatic carbocycles. The first kappa shape index (κ1) is 18.8. The van der Waals surface area contributed by atoms with Crippen LogP contribution in [0.3, 0.4) is 0 Å². The van der Waals surface area contributed by atoms with E-state index in [1.165, 1.54) is 11.3 Å². The van der Waals surface area contributed by atoms with Crippen molar-refractivity contribution >= 4 is 23.6 Å². The molecule has 3 aliphatic heterocycles. The lowest BCUT2D eigenvalue weighted by Gasteiger charge is -2.36. The van der Waals surface area contributed by atoms with Gasteiger partial charge in [0.15, 0.2) is 0 Å². The number of carbonyl (C=O) groups is 4. The Morgan fingerprint density at radius 3 is 1.92 bits per heavy atom. The molecule has 0 N–H and O–H groups in total. The van der Waals surface area contributed by atoms with Crippen molar-refractivity contribution in [3.63, 3.8) is 0 Å². The lowest BCUT2D eigenvalue weighted by atomic mass is 10.1. The summed E-state index contributed by atoms with van der Waals surface area (Å²) in [6.07, 6.45) is 4.10. The highest BCUT2D eigenvalue weighted by Gasteiger charge is 2.30. The van der Waals surface area contributed by atoms with Crippen LogP contribution in [0.5, 0.6) is 0 Å². The predicted molar refractivity (Wildman–Crippen MR) is 94.0 cm³/mol. The molecule has 0 atom stereocenters. The second kappa shape index (κ2) is 8.62. The normalized spacial score (nSPS) is 22.2. The second-order valence-corrected chi connectivity index (χ2v) is 7.29. The van der Waals surface area contributed by atoms with Crippen LogP contribution in [0.4, 0.5) is 0 Å². The van der Waals surface area contributed by atoms with Gasteiger partial charge in [0.25, 0.3) is 0 Å². The Morgan fingerprint density at radius 1 is 0.731 bits per heavy atom. The molecule has 8 nitrogen and oxygen atoms in total. The summed E-state index contributed by atoms with van der Waals surface area (Å²) in [4.78, 5) is 54.9. The summed E-state index contributed by atoms with van der Waals surface area (Å²) in [6.45, 7) is 4.90. The van der Waals surface area contributed by atoms with Crippen LogP contribution in [0, 0.1) is 0 Å². The Labute approximate surface area is 154 Å². The number of piperazine rings is 1. The van der Waals surface area contributed by atoms with Gasteiger partial charge in [0.2, 0.25) is 23.6 Å². The summed E-state index contributed by atoms with van der Waals surface area (Å²) >= 11 is 0. The first-order valence-electron chi connectivity index (χ1n) is 9.65. The van der Waals surface area contributed by atoms with Gasteiger partial charge < -0.3 is 9.80 Å². The number of likely N-dealkylation sites (tertiary alicyclic amines) is 2. The Bertz CT molecular complexity index is 550. The maximum absolute atomic E-state index is 12.3. The molecule has 3 fully saturated rings. The fourth-order valence-corrected chi connectivity index (χ4v) is 3.83. The molecule has 0 bridgehead atoms. The van der Waals surface area contributed by atoms with Crippen LogP contribution >= 0.6 is 0 Å². The summed E-state index contributed by atoms with van der Waals surface area (Å²) in [6, 6.07) is 0. The van der Waals surface area contributed by atoms with Gasteiger partial charge in [-0.2, -0.15) is 0 Å². The van der Waals surface area contributed by atoms with Gasteiger partial charge in [0.05, 0.1) is 6.54 Å². The largest absolute Gasteiger partial charge is 0.342 e. The molecule has 0 spiro atoms. The third-order valence-corrected chi connectivity index (χ3v) is 5.50. The van der Waals surface area contributed by atoms with E-state index < -0.39 is 0 Å². The fraction of sp³-hybridized carbons (Fsp3) is 0.778. The summed E-state index contributed by atoms with van der Waals surface area (Å²) in [5.41, 5.74) is 0. The minimum Gasteiger partial charge on any atom is -0.342 e. The molecule has 3 rings (SSSR count). The Hall–Kier alpha value is -1.96. The molecule has 0 saturated carbocycles. The van der Waals surface area contributed by atoms with E-state index in [2.05, 4.69) is 4.90 Å². The lowest BCUT2D eigenvalue weighted by molar-refractivity contribution is -0.139. The molecular weight excluding hydrogens is 336 g/mol. The van der Waals surface area contributed by atoms with Gasteiger partial charge in [-0.25, -0.2) is 0 Å². The number of rotatable bonds is 5. The van der Waals surface area contributed by atoms with Crippen molar-refractivity contribution in [3.05, 3.63) is 0 Å². The standard InChI is InChI=1S/C18H28N4O4/c23-15(6-9-22-16(24)4-5-17(22)25)21-12-10-19(11-13-21)14-18(26)20-7-2-1-3-8-20/h1-14H2. The molecule has 3 heterocycles. The van der Waals surface area contributed by atoms with Crippen molar-refractivity contribution in [3.8, 4) is 0 Å². The zero-order valence-electron chi connectivity index (χ0n) is 15.3. The summed E-state index contributed by atoms with van der Waals surface area (Å²) < 4.78 is 0. The SMILES string of the molecule is O=C(CCN1C(=O)CCC1=O)N1CCN(CC(=O)N2CCCCC2)CC1. The van der Waals surface area contributed by atoms with E-state index in [0.29, 0.717) is 32.7 Å². The quantitative estimate of drug-likeness (QED) is 0.625. The maximum atomic E-state index is 12.3. The van der Waals surface area contributed by atoms with Gasteiger partial charge in [-0.05, 0) is 19.3 Å². The maximum Gasteiger partial charge on any atom is 0.236 e. The van der Waals surface area contributed by atoms with Gasteiger partial charge in [-0.3, -0.25) is 29.0 Å². The van der Waals surface area contributed by atoms with E-state index in [0.717, 1.165) is 25.9 Å². The van der Waals surface area contributed by atoms with E-state index in [1.807, 2.05) is 4.90 Å². The van der Waals surface area contributed by atoms with Crippen LogP contribution in [0.1, 0.15) is 38.5 Å². The predicted octanol–water partition coefficient (Wildman–Crippen LogP) is -0.318. The average Bonchev–Trinajstić information content (AvgIpc) is 2.99. The monoisotopic (exact) mass is 364 g/mol. The smallest absolute Gasteiger partial charge is 0.236 e. The van der Waals surface area contributed by atoms with Gasteiger partial charge in [-0.15, -0.1) is 0 Å². The van der Waals surface area contributed by atoms with E-state index >= 15 is 0 Å². The molecular formula is C18H28N4O4. The minimum atomic E-state index is -0.177. The van der Waals surface area contributed by atoms with Crippen molar-refractivity contribution in [2.75, 3.05) is 52.4 Å². The van der Waals surface area contributed by atoms with Crippen molar-refractivity contribution in [1.82, 2.24) is 19.6 Å². The molecule has 144 valence electrons. The molecule has 0 unspecified atom stereocenters. The van der Waals surface area contributed by atoms with Crippen molar-refractivity contribution < 1.29 is 19.2 Å². The van der Waals surface area contributed by atoms with E-state index in [-0.39, 0.29) is 49.4 Å². The van der Waals surface area contributed by atoms with Gasteiger partial charge >= 0.3 is 0 Å². The van der Waals surface area contributed by atoms with Gasteiger partial charge in [0.1, 0.15) is 0 Å². The number of hydrogen-bond acceptors (Lipinski definition) is 5. The number of amides is 4. The van der Waals surface area contributed by atoms with Gasteiger partial charge in [0, 0.05) is 65.1 Å². The molecule has 0 aromatic heterocycles. The van der Waals surface area contributed by atoms with E-state index in [1.54, 1.807) is 4.90 Å². The van der Waals surface area contributed by atoms with Crippen LogP contribution in [0.15, 0.2) is 0 Å².